The van der Waals surface area contributed by atoms with E-state index in [9.17, 15) is 8.78 Å². The molecule has 1 aromatic rings. The zero-order valence-electron chi connectivity index (χ0n) is 5.35. The van der Waals surface area contributed by atoms with E-state index in [0.29, 0.717) is 0 Å². The summed E-state index contributed by atoms with van der Waals surface area (Å²) in [6.07, 6.45) is 1.59. The Labute approximate surface area is 57.3 Å². The fourth-order valence-electron chi connectivity index (χ4n) is 1.33. The summed E-state index contributed by atoms with van der Waals surface area (Å²) in [5.41, 5.74) is 0.741. The average Bonchev–Trinajstić information content (AvgIpc) is 2.20. The lowest BCUT2D eigenvalue weighted by molar-refractivity contribution is 0.00300. The molecule has 0 saturated heterocycles. The number of hydrogen-bond acceptors (Lipinski definition) is 0. The van der Waals surface area contributed by atoms with E-state index in [1.165, 1.54) is 0 Å². The molecule has 1 nitrogen and oxygen atoms in total. The summed E-state index contributed by atoms with van der Waals surface area (Å²) in [5.74, 6) is -2.50. The van der Waals surface area contributed by atoms with Crippen molar-refractivity contribution in [3.05, 3.63) is 24.0 Å². The van der Waals surface area contributed by atoms with Crippen LogP contribution in [0.2, 0.25) is 0 Å². The highest BCUT2D eigenvalue weighted by atomic mass is 19.3. The molecular formula is C7H7F2N. The second-order valence-electron chi connectivity index (χ2n) is 2.66. The van der Waals surface area contributed by atoms with Crippen molar-refractivity contribution in [2.24, 2.45) is 0 Å². The van der Waals surface area contributed by atoms with Crippen molar-refractivity contribution in [1.82, 2.24) is 4.57 Å². The maximum Gasteiger partial charge on any atom is 0.271 e. The van der Waals surface area contributed by atoms with Crippen molar-refractivity contribution in [3.8, 4) is 0 Å². The Morgan fingerprint density at radius 2 is 2.30 bits per heavy atom. The number of rotatable bonds is 0. The van der Waals surface area contributed by atoms with Crippen LogP contribution < -0.4 is 0 Å². The number of fused-ring (bicyclic) bond motifs is 1. The van der Waals surface area contributed by atoms with Gasteiger partial charge in [0.15, 0.2) is 0 Å². The van der Waals surface area contributed by atoms with Gasteiger partial charge in [-0.25, -0.2) is 8.78 Å². The average molecular weight is 143 g/mol. The first kappa shape index (κ1) is 5.89. The van der Waals surface area contributed by atoms with Gasteiger partial charge in [-0.3, -0.25) is 0 Å². The summed E-state index contributed by atoms with van der Waals surface area (Å²) in [6, 6.07) is 3.53. The van der Waals surface area contributed by atoms with Gasteiger partial charge in [0, 0.05) is 11.9 Å². The van der Waals surface area contributed by atoms with E-state index in [-0.39, 0.29) is 13.0 Å². The quantitative estimate of drug-likeness (QED) is 0.520. The largest absolute Gasteiger partial charge is 0.345 e. The molecule has 0 N–H and O–H groups in total. The van der Waals surface area contributed by atoms with Crippen LogP contribution in [0.4, 0.5) is 8.78 Å². The summed E-state index contributed by atoms with van der Waals surface area (Å²) in [4.78, 5) is 0. The van der Waals surface area contributed by atoms with Gasteiger partial charge >= 0.3 is 0 Å². The minimum absolute atomic E-state index is 0.0972. The maximum atomic E-state index is 12.5. The van der Waals surface area contributed by atoms with Gasteiger partial charge in [-0.05, 0) is 12.1 Å². The van der Waals surface area contributed by atoms with E-state index in [2.05, 4.69) is 0 Å². The van der Waals surface area contributed by atoms with E-state index >= 15 is 0 Å². The molecule has 54 valence electrons. The molecular weight excluding hydrogens is 136 g/mol. The first-order valence-electron chi connectivity index (χ1n) is 3.19. The van der Waals surface area contributed by atoms with Crippen molar-refractivity contribution in [1.29, 1.82) is 0 Å². The highest BCUT2D eigenvalue weighted by Gasteiger charge is 2.36. The topological polar surface area (TPSA) is 4.93 Å². The van der Waals surface area contributed by atoms with Gasteiger partial charge in [0.05, 0.1) is 13.0 Å². The Morgan fingerprint density at radius 1 is 1.50 bits per heavy atom. The van der Waals surface area contributed by atoms with Gasteiger partial charge in [0.25, 0.3) is 5.92 Å². The molecule has 0 fully saturated rings. The molecule has 0 amide bonds. The Morgan fingerprint density at radius 3 is 3.00 bits per heavy atom. The second kappa shape index (κ2) is 1.59. The smallest absolute Gasteiger partial charge is 0.271 e. The Hall–Kier alpha value is -0.860. The Balaban J connectivity index is 2.37. The van der Waals surface area contributed by atoms with Crippen molar-refractivity contribution in [2.75, 3.05) is 0 Å². The Bertz CT molecular complexity index is 229. The molecule has 0 radical (unpaired) electrons. The monoisotopic (exact) mass is 143 g/mol. The lowest BCUT2D eigenvalue weighted by atomic mass is 10.2. The lowest BCUT2D eigenvalue weighted by Gasteiger charge is -2.04. The fourth-order valence-corrected chi connectivity index (χ4v) is 1.33. The van der Waals surface area contributed by atoms with Crippen LogP contribution in [0.1, 0.15) is 5.69 Å². The van der Waals surface area contributed by atoms with Crippen molar-refractivity contribution >= 4 is 0 Å². The zero-order valence-corrected chi connectivity index (χ0v) is 5.35. The minimum atomic E-state index is -2.50. The number of hydrogen-bond donors (Lipinski definition) is 0. The summed E-state index contributed by atoms with van der Waals surface area (Å²) in [5, 5.41) is 0. The van der Waals surface area contributed by atoms with Crippen molar-refractivity contribution in [3.63, 3.8) is 0 Å². The molecule has 3 heteroatoms. The second-order valence-corrected chi connectivity index (χ2v) is 2.66. The van der Waals surface area contributed by atoms with Crippen LogP contribution in [-0.4, -0.2) is 10.5 Å². The molecule has 2 heterocycles. The summed E-state index contributed by atoms with van der Waals surface area (Å²) in [7, 11) is 0. The maximum absolute atomic E-state index is 12.5. The predicted octanol–water partition coefficient (Wildman–Crippen LogP) is 1.68. The third-order valence-electron chi connectivity index (χ3n) is 1.76. The van der Waals surface area contributed by atoms with Gasteiger partial charge in [0.1, 0.15) is 0 Å². The fraction of sp³-hybridized carbons (Fsp3) is 0.429. The summed E-state index contributed by atoms with van der Waals surface area (Å²) in [6.45, 7) is -0.144. The normalized spacial score (nSPS) is 21.0. The van der Waals surface area contributed by atoms with Crippen LogP contribution in [0, 0.1) is 0 Å². The molecule has 0 atom stereocenters. The molecule has 0 aliphatic carbocycles. The molecule has 0 bridgehead atoms. The SMILES string of the molecule is FC1(F)Cc2cccn2C1. The van der Waals surface area contributed by atoms with Crippen LogP contribution in [0.5, 0.6) is 0 Å². The standard InChI is InChI=1S/C7H7F2N/c8-7(9)4-6-2-1-3-10(6)5-7/h1-3H,4-5H2. The van der Waals surface area contributed by atoms with Crippen molar-refractivity contribution < 1.29 is 8.78 Å². The molecule has 0 saturated carbocycles. The first-order chi connectivity index (χ1) is 4.67. The van der Waals surface area contributed by atoms with Crippen LogP contribution in [0.15, 0.2) is 18.3 Å². The van der Waals surface area contributed by atoms with E-state index in [4.69, 9.17) is 0 Å². The van der Waals surface area contributed by atoms with E-state index < -0.39 is 5.92 Å². The van der Waals surface area contributed by atoms with Gasteiger partial charge in [-0.2, -0.15) is 0 Å². The number of alkyl halides is 2. The molecule has 10 heavy (non-hydrogen) atoms. The Kier molecular flexibility index (Phi) is 0.938. The molecule has 0 spiro atoms. The molecule has 1 aliphatic rings. The number of aromatic nitrogens is 1. The van der Waals surface area contributed by atoms with Gasteiger partial charge in [-0.1, -0.05) is 0 Å². The molecule has 0 unspecified atom stereocenters. The van der Waals surface area contributed by atoms with Gasteiger partial charge < -0.3 is 4.57 Å². The van der Waals surface area contributed by atoms with Crippen LogP contribution >= 0.6 is 0 Å². The highest BCUT2D eigenvalue weighted by Crippen LogP contribution is 2.29. The lowest BCUT2D eigenvalue weighted by Crippen LogP contribution is -2.16. The van der Waals surface area contributed by atoms with Crippen LogP contribution in [0.25, 0.3) is 0 Å². The first-order valence-corrected chi connectivity index (χ1v) is 3.19. The van der Waals surface area contributed by atoms with Crippen LogP contribution in [-0.2, 0) is 13.0 Å². The summed E-state index contributed by atoms with van der Waals surface area (Å²) < 4.78 is 26.7. The summed E-state index contributed by atoms with van der Waals surface area (Å²) >= 11 is 0. The molecule has 2 rings (SSSR count). The zero-order chi connectivity index (χ0) is 7.19. The molecule has 0 aromatic carbocycles. The third-order valence-corrected chi connectivity index (χ3v) is 1.76. The number of halogens is 2. The van der Waals surface area contributed by atoms with Gasteiger partial charge in [0.2, 0.25) is 0 Å². The van der Waals surface area contributed by atoms with E-state index in [1.54, 1.807) is 22.9 Å². The highest BCUT2D eigenvalue weighted by molar-refractivity contribution is 5.13. The van der Waals surface area contributed by atoms with E-state index in [0.717, 1.165) is 5.69 Å². The van der Waals surface area contributed by atoms with Crippen molar-refractivity contribution in [2.45, 2.75) is 18.9 Å². The minimum Gasteiger partial charge on any atom is -0.345 e. The predicted molar refractivity (Wildman–Crippen MR) is 33.1 cm³/mol. The van der Waals surface area contributed by atoms with Gasteiger partial charge in [-0.15, -0.1) is 0 Å². The molecule has 1 aliphatic heterocycles. The van der Waals surface area contributed by atoms with E-state index in [1.807, 2.05) is 0 Å². The third kappa shape index (κ3) is 0.735. The molecule has 1 aromatic heterocycles. The van der Waals surface area contributed by atoms with Crippen LogP contribution in [0.3, 0.4) is 0 Å². The number of nitrogens with zero attached hydrogens (tertiary/aromatic N) is 1.